The van der Waals surface area contributed by atoms with Crippen LogP contribution in [0.1, 0.15) is 265 Å². The van der Waals surface area contributed by atoms with Gasteiger partial charge in [0.25, 0.3) is 0 Å². The number of carboxylic acid groups (broad SMARTS) is 1. The van der Waals surface area contributed by atoms with Crippen LogP contribution in [0, 0.1) is 0 Å². The van der Waals surface area contributed by atoms with Gasteiger partial charge in [0.2, 0.25) is 0 Å². The number of rotatable bonds is 51. The summed E-state index contributed by atoms with van der Waals surface area (Å²) in [7, 11) is 0. The van der Waals surface area contributed by atoms with Crippen molar-refractivity contribution in [3.8, 4) is 0 Å². The molecule has 12 nitrogen and oxygen atoms in total. The number of hydrogen-bond acceptors (Lipinski definition) is 11. The van der Waals surface area contributed by atoms with Gasteiger partial charge < -0.3 is 39.0 Å². The summed E-state index contributed by atoms with van der Waals surface area (Å²) in [5, 5.41) is 31.5. The molecule has 1 aliphatic rings. The second kappa shape index (κ2) is 51.2. The molecule has 0 saturated carbocycles. The lowest BCUT2D eigenvalue weighted by Gasteiger charge is -2.40. The quantitative estimate of drug-likeness (QED) is 0.0228. The van der Waals surface area contributed by atoms with Gasteiger partial charge in [-0.3, -0.25) is 14.4 Å². The summed E-state index contributed by atoms with van der Waals surface area (Å²) in [5.41, 5.74) is 0. The largest absolute Gasteiger partial charge is 0.479 e. The fourth-order valence-corrected chi connectivity index (χ4v) is 8.94. The van der Waals surface area contributed by atoms with E-state index < -0.39 is 67.3 Å². The number of unbranched alkanes of at least 4 members (excludes halogenated alkanes) is 27. The van der Waals surface area contributed by atoms with E-state index in [0.29, 0.717) is 19.3 Å². The van der Waals surface area contributed by atoms with E-state index in [2.05, 4.69) is 81.5 Å². The molecule has 1 aliphatic heterocycles. The van der Waals surface area contributed by atoms with Crippen LogP contribution in [0.25, 0.3) is 0 Å². The van der Waals surface area contributed by atoms with Gasteiger partial charge >= 0.3 is 23.9 Å². The van der Waals surface area contributed by atoms with Gasteiger partial charge in [0, 0.05) is 19.3 Å². The first-order chi connectivity index (χ1) is 36.6. The van der Waals surface area contributed by atoms with Gasteiger partial charge in [-0.25, -0.2) is 4.79 Å². The molecule has 12 heteroatoms. The second-order valence-electron chi connectivity index (χ2n) is 20.6. The van der Waals surface area contributed by atoms with E-state index in [9.17, 15) is 34.5 Å². The number of aliphatic hydroxyl groups is 2. The first-order valence-electron chi connectivity index (χ1n) is 30.3. The van der Waals surface area contributed by atoms with Gasteiger partial charge in [-0.15, -0.1) is 0 Å². The van der Waals surface area contributed by atoms with E-state index >= 15 is 0 Å². The highest BCUT2D eigenvalue weighted by atomic mass is 16.7. The Morgan fingerprint density at radius 1 is 0.453 bits per heavy atom. The Labute approximate surface area is 456 Å². The minimum atomic E-state index is -1.91. The zero-order valence-electron chi connectivity index (χ0n) is 47.5. The van der Waals surface area contributed by atoms with Crippen LogP contribution in [0.15, 0.2) is 60.8 Å². The number of aliphatic hydroxyl groups excluding tert-OH is 2. The van der Waals surface area contributed by atoms with Crippen molar-refractivity contribution in [2.45, 2.75) is 302 Å². The number of ether oxygens (including phenoxy) is 5. The molecule has 75 heavy (non-hydrogen) atoms. The molecule has 1 rings (SSSR count). The molecule has 0 aromatic rings. The van der Waals surface area contributed by atoms with Gasteiger partial charge in [-0.1, -0.05) is 223 Å². The summed E-state index contributed by atoms with van der Waals surface area (Å²) in [6.45, 7) is 5.85. The Hall–Kier alpha value is -3.58. The lowest BCUT2D eigenvalue weighted by Crippen LogP contribution is -2.61. The molecule has 0 bridgehead atoms. The fourth-order valence-electron chi connectivity index (χ4n) is 8.94. The standard InChI is InChI=1S/C63H108O12/c1-4-7-10-13-16-19-22-25-27-28-30-32-34-37-40-43-46-49-55(64)71-52-54(73-56(65)50-47-44-41-38-35-31-24-21-18-15-12-9-6-3)53-72-63-61(59(68)58(67)60(75-63)62(69)70)74-57(66)51-48-45-42-39-36-33-29-26-23-20-17-14-11-8-5-2/h7,10,16-17,19-20,25-27,29,54,58-61,63,67-68H,4-6,8-9,11-15,18,21-24,28,30-53H2,1-3H3,(H,69,70)/b10-7-,19-16-,20-17-,27-25-,29-26-. The summed E-state index contributed by atoms with van der Waals surface area (Å²) in [6.07, 6.45) is 50.4. The molecule has 1 saturated heterocycles. The molecular formula is C63H108O12. The third-order valence-electron chi connectivity index (χ3n) is 13.6. The van der Waals surface area contributed by atoms with Crippen LogP contribution in [0.2, 0.25) is 0 Å². The molecule has 0 amide bonds. The zero-order chi connectivity index (χ0) is 54.7. The number of allylic oxidation sites excluding steroid dienone is 10. The predicted octanol–water partition coefficient (Wildman–Crippen LogP) is 15.6. The van der Waals surface area contributed by atoms with Crippen LogP contribution in [-0.2, 0) is 42.9 Å². The van der Waals surface area contributed by atoms with Crippen molar-refractivity contribution in [3.63, 3.8) is 0 Å². The van der Waals surface area contributed by atoms with E-state index in [-0.39, 0.29) is 25.9 Å². The Balaban J connectivity index is 2.69. The maximum atomic E-state index is 13.1. The Bertz CT molecular complexity index is 1540. The minimum Gasteiger partial charge on any atom is -0.479 e. The molecule has 432 valence electrons. The number of esters is 3. The van der Waals surface area contributed by atoms with Crippen molar-refractivity contribution in [2.75, 3.05) is 13.2 Å². The number of hydrogen-bond donors (Lipinski definition) is 3. The maximum absolute atomic E-state index is 13.1. The third-order valence-corrected chi connectivity index (χ3v) is 13.6. The molecule has 0 spiro atoms. The molecule has 6 atom stereocenters. The second-order valence-corrected chi connectivity index (χ2v) is 20.6. The molecule has 0 aromatic carbocycles. The van der Waals surface area contributed by atoms with Crippen molar-refractivity contribution >= 4 is 23.9 Å². The molecule has 6 unspecified atom stereocenters. The fraction of sp³-hybridized carbons (Fsp3) is 0.778. The van der Waals surface area contributed by atoms with E-state index in [1.54, 1.807) is 0 Å². The van der Waals surface area contributed by atoms with E-state index in [4.69, 9.17) is 23.7 Å². The Morgan fingerprint density at radius 3 is 1.31 bits per heavy atom. The van der Waals surface area contributed by atoms with E-state index in [1.165, 1.54) is 89.9 Å². The molecule has 1 fully saturated rings. The highest BCUT2D eigenvalue weighted by molar-refractivity contribution is 5.74. The van der Waals surface area contributed by atoms with E-state index in [0.717, 1.165) is 116 Å². The summed E-state index contributed by atoms with van der Waals surface area (Å²) in [6, 6.07) is 0. The summed E-state index contributed by atoms with van der Waals surface area (Å²) in [5.74, 6) is -3.13. The zero-order valence-corrected chi connectivity index (χ0v) is 47.5. The van der Waals surface area contributed by atoms with Gasteiger partial charge in [-0.05, 0) is 83.5 Å². The van der Waals surface area contributed by atoms with Crippen molar-refractivity contribution in [3.05, 3.63) is 60.8 Å². The number of carbonyl (C=O) groups excluding carboxylic acids is 3. The number of carbonyl (C=O) groups is 4. The molecule has 0 radical (unpaired) electrons. The first kappa shape index (κ1) is 69.4. The lowest BCUT2D eigenvalue weighted by molar-refractivity contribution is -0.301. The Kier molecular flexibility index (Phi) is 47.4. The highest BCUT2D eigenvalue weighted by Gasteiger charge is 2.50. The molecule has 0 aromatic heterocycles. The lowest BCUT2D eigenvalue weighted by atomic mass is 9.98. The van der Waals surface area contributed by atoms with E-state index in [1.807, 2.05) is 0 Å². The SMILES string of the molecule is CC/C=C\C/C=C\C/C=C\CCCCCCCCCC(=O)OCC(COC1OC(C(=O)O)C(O)C(O)C1OC(=O)CCCCCCC/C=C\C/C=C\CCCCC)OC(=O)CCCCCCCCCCCCCCC. The average Bonchev–Trinajstić information content (AvgIpc) is 3.39. The van der Waals surface area contributed by atoms with Crippen LogP contribution in [0.4, 0.5) is 0 Å². The van der Waals surface area contributed by atoms with Crippen molar-refractivity contribution < 1.29 is 58.2 Å². The average molecular weight is 1060 g/mol. The van der Waals surface area contributed by atoms with Crippen molar-refractivity contribution in [1.82, 2.24) is 0 Å². The van der Waals surface area contributed by atoms with Crippen LogP contribution in [-0.4, -0.2) is 89.2 Å². The Morgan fingerprint density at radius 2 is 0.840 bits per heavy atom. The van der Waals surface area contributed by atoms with Gasteiger partial charge in [0.05, 0.1) is 6.61 Å². The monoisotopic (exact) mass is 1060 g/mol. The smallest absolute Gasteiger partial charge is 0.335 e. The van der Waals surface area contributed by atoms with Crippen molar-refractivity contribution in [2.24, 2.45) is 0 Å². The maximum Gasteiger partial charge on any atom is 0.335 e. The summed E-state index contributed by atoms with van der Waals surface area (Å²) in [4.78, 5) is 51.1. The molecule has 1 heterocycles. The normalized spacial score (nSPS) is 18.5. The first-order valence-corrected chi connectivity index (χ1v) is 30.3. The van der Waals surface area contributed by atoms with Gasteiger partial charge in [0.1, 0.15) is 18.8 Å². The van der Waals surface area contributed by atoms with Crippen molar-refractivity contribution in [1.29, 1.82) is 0 Å². The van der Waals surface area contributed by atoms with Crippen LogP contribution in [0.3, 0.4) is 0 Å². The summed E-state index contributed by atoms with van der Waals surface area (Å²) < 4.78 is 28.4. The van der Waals surface area contributed by atoms with Crippen LogP contribution in [0.5, 0.6) is 0 Å². The van der Waals surface area contributed by atoms with Gasteiger partial charge in [0.15, 0.2) is 24.6 Å². The molecular weight excluding hydrogens is 949 g/mol. The van der Waals surface area contributed by atoms with Gasteiger partial charge in [-0.2, -0.15) is 0 Å². The predicted molar refractivity (Wildman–Crippen MR) is 303 cm³/mol. The highest BCUT2D eigenvalue weighted by Crippen LogP contribution is 2.26. The number of aliphatic carboxylic acids is 1. The topological polar surface area (TPSA) is 175 Å². The molecule has 0 aliphatic carbocycles. The summed E-state index contributed by atoms with van der Waals surface area (Å²) >= 11 is 0. The minimum absolute atomic E-state index is 0.0442. The van der Waals surface area contributed by atoms with Crippen LogP contribution < -0.4 is 0 Å². The van der Waals surface area contributed by atoms with Crippen LogP contribution >= 0.6 is 0 Å². The third kappa shape index (κ3) is 41.2. The molecule has 3 N–H and O–H groups in total. The number of carboxylic acids is 1.